The molecule has 1 aromatic heterocycles. The second-order valence-corrected chi connectivity index (χ2v) is 3.80. The van der Waals surface area contributed by atoms with Crippen LogP contribution in [0.1, 0.15) is 11.1 Å². The predicted molar refractivity (Wildman–Crippen MR) is 61.3 cm³/mol. The maximum absolute atomic E-state index is 13.7. The van der Waals surface area contributed by atoms with Crippen LogP contribution in [0.3, 0.4) is 0 Å². The molecule has 0 aliphatic carbocycles. The third-order valence-corrected chi connectivity index (χ3v) is 2.31. The van der Waals surface area contributed by atoms with Crippen molar-refractivity contribution < 1.29 is 4.39 Å². The van der Waals surface area contributed by atoms with Gasteiger partial charge in [0.05, 0.1) is 0 Å². The average Bonchev–Trinajstić information content (AvgIpc) is 2.20. The average molecular weight is 217 g/mol. The Morgan fingerprint density at radius 3 is 2.31 bits per heavy atom. The number of halogens is 1. The minimum Gasteiger partial charge on any atom is -0.381 e. The van der Waals surface area contributed by atoms with E-state index < -0.39 is 5.82 Å². The van der Waals surface area contributed by atoms with Crippen LogP contribution >= 0.6 is 0 Å². The molecule has 3 nitrogen and oxygen atoms in total. The third kappa shape index (κ3) is 1.86. The molecule has 82 valence electrons. The van der Waals surface area contributed by atoms with Crippen molar-refractivity contribution in [1.82, 2.24) is 9.97 Å². The summed E-state index contributed by atoms with van der Waals surface area (Å²) in [5.74, 6) is -0.684. The van der Waals surface area contributed by atoms with Crippen molar-refractivity contribution in [3.8, 4) is 11.3 Å². The Kier molecular flexibility index (Phi) is 2.56. The van der Waals surface area contributed by atoms with Crippen molar-refractivity contribution in [3.63, 3.8) is 0 Å². The molecule has 0 fully saturated rings. The van der Waals surface area contributed by atoms with Crippen molar-refractivity contribution in [2.75, 3.05) is 5.73 Å². The molecular weight excluding hydrogens is 205 g/mol. The molecule has 0 atom stereocenters. The van der Waals surface area contributed by atoms with E-state index in [-0.39, 0.29) is 11.5 Å². The molecule has 0 amide bonds. The van der Waals surface area contributed by atoms with E-state index in [9.17, 15) is 4.39 Å². The fourth-order valence-electron chi connectivity index (χ4n) is 1.70. The van der Waals surface area contributed by atoms with E-state index >= 15 is 0 Å². The van der Waals surface area contributed by atoms with Crippen LogP contribution in [0, 0.1) is 19.7 Å². The minimum absolute atomic E-state index is 0.121. The quantitative estimate of drug-likeness (QED) is 0.798. The monoisotopic (exact) mass is 217 g/mol. The van der Waals surface area contributed by atoms with E-state index in [1.165, 1.54) is 6.33 Å². The summed E-state index contributed by atoms with van der Waals surface area (Å²) in [5.41, 5.74) is 8.51. The standard InChI is InChI=1S/C12H12FN3/c1-7-3-8(2)5-9(4-7)11-10(13)12(14)16-6-15-11/h3-6H,1-2H3,(H2,14,15,16). The molecule has 1 aromatic carbocycles. The number of anilines is 1. The summed E-state index contributed by atoms with van der Waals surface area (Å²) >= 11 is 0. The van der Waals surface area contributed by atoms with Gasteiger partial charge in [0.1, 0.15) is 12.0 Å². The second kappa shape index (κ2) is 3.89. The van der Waals surface area contributed by atoms with Gasteiger partial charge in [0.15, 0.2) is 11.6 Å². The van der Waals surface area contributed by atoms with Crippen LogP contribution in [-0.2, 0) is 0 Å². The molecular formula is C12H12FN3. The van der Waals surface area contributed by atoms with Gasteiger partial charge in [-0.25, -0.2) is 14.4 Å². The summed E-state index contributed by atoms with van der Waals surface area (Å²) in [6, 6.07) is 5.77. The van der Waals surface area contributed by atoms with Crippen LogP contribution in [0.5, 0.6) is 0 Å². The van der Waals surface area contributed by atoms with Crippen LogP contribution in [0.2, 0.25) is 0 Å². The van der Waals surface area contributed by atoms with Crippen LogP contribution in [0.25, 0.3) is 11.3 Å². The first-order valence-corrected chi connectivity index (χ1v) is 4.92. The molecule has 0 unspecified atom stereocenters. The molecule has 0 aliphatic heterocycles. The van der Waals surface area contributed by atoms with Gasteiger partial charge < -0.3 is 5.73 Å². The number of rotatable bonds is 1. The summed E-state index contributed by atoms with van der Waals surface area (Å²) in [6.07, 6.45) is 1.27. The normalized spacial score (nSPS) is 10.4. The topological polar surface area (TPSA) is 51.8 Å². The zero-order valence-corrected chi connectivity index (χ0v) is 9.16. The predicted octanol–water partition coefficient (Wildman–Crippen LogP) is 2.48. The molecule has 2 rings (SSSR count). The zero-order chi connectivity index (χ0) is 11.7. The van der Waals surface area contributed by atoms with Crippen molar-refractivity contribution in [1.29, 1.82) is 0 Å². The largest absolute Gasteiger partial charge is 0.381 e. The second-order valence-electron chi connectivity index (χ2n) is 3.80. The van der Waals surface area contributed by atoms with Gasteiger partial charge in [-0.15, -0.1) is 0 Å². The van der Waals surface area contributed by atoms with Gasteiger partial charge in [0.2, 0.25) is 0 Å². The Balaban J connectivity index is 2.63. The summed E-state index contributed by atoms with van der Waals surface area (Å²) in [6.45, 7) is 3.91. The third-order valence-electron chi connectivity index (χ3n) is 2.31. The van der Waals surface area contributed by atoms with Gasteiger partial charge in [-0.2, -0.15) is 0 Å². The van der Waals surface area contributed by atoms with Crippen molar-refractivity contribution in [2.24, 2.45) is 0 Å². The molecule has 4 heteroatoms. The summed E-state index contributed by atoms with van der Waals surface area (Å²) in [5, 5.41) is 0. The van der Waals surface area contributed by atoms with E-state index in [1.807, 2.05) is 32.0 Å². The lowest BCUT2D eigenvalue weighted by molar-refractivity contribution is 0.624. The lowest BCUT2D eigenvalue weighted by Crippen LogP contribution is -1.99. The van der Waals surface area contributed by atoms with Gasteiger partial charge >= 0.3 is 0 Å². The van der Waals surface area contributed by atoms with Gasteiger partial charge in [-0.3, -0.25) is 0 Å². The van der Waals surface area contributed by atoms with E-state index in [0.29, 0.717) is 0 Å². The highest BCUT2D eigenvalue weighted by atomic mass is 19.1. The van der Waals surface area contributed by atoms with Crippen molar-refractivity contribution in [3.05, 3.63) is 41.5 Å². The van der Waals surface area contributed by atoms with Crippen LogP contribution in [0.4, 0.5) is 10.2 Å². The molecule has 0 aliphatic rings. The maximum atomic E-state index is 13.7. The van der Waals surface area contributed by atoms with E-state index in [2.05, 4.69) is 9.97 Å². The number of hydrogen-bond donors (Lipinski definition) is 1. The molecule has 0 bridgehead atoms. The van der Waals surface area contributed by atoms with Gasteiger partial charge in [-0.1, -0.05) is 17.2 Å². The molecule has 0 spiro atoms. The van der Waals surface area contributed by atoms with Crippen molar-refractivity contribution >= 4 is 5.82 Å². The maximum Gasteiger partial charge on any atom is 0.191 e. The first kappa shape index (κ1) is 10.5. The fourth-order valence-corrected chi connectivity index (χ4v) is 1.70. The Morgan fingerprint density at radius 1 is 1.06 bits per heavy atom. The van der Waals surface area contributed by atoms with E-state index in [4.69, 9.17) is 5.73 Å². The Morgan fingerprint density at radius 2 is 1.69 bits per heavy atom. The molecule has 0 saturated carbocycles. The molecule has 16 heavy (non-hydrogen) atoms. The molecule has 2 N–H and O–H groups in total. The Bertz CT molecular complexity index is 518. The van der Waals surface area contributed by atoms with E-state index in [1.54, 1.807) is 0 Å². The lowest BCUT2D eigenvalue weighted by atomic mass is 10.0. The molecule has 2 aromatic rings. The number of hydrogen-bond acceptors (Lipinski definition) is 3. The number of nitrogens with two attached hydrogens (primary N) is 1. The highest BCUT2D eigenvalue weighted by Gasteiger charge is 2.10. The van der Waals surface area contributed by atoms with Crippen LogP contribution < -0.4 is 5.73 Å². The molecule has 1 heterocycles. The SMILES string of the molecule is Cc1cc(C)cc(-c2ncnc(N)c2F)c1. The number of nitrogens with zero attached hydrogens (tertiary/aromatic N) is 2. The van der Waals surface area contributed by atoms with Gasteiger partial charge in [0, 0.05) is 5.56 Å². The van der Waals surface area contributed by atoms with Gasteiger partial charge in [-0.05, 0) is 26.0 Å². The van der Waals surface area contributed by atoms with Crippen LogP contribution in [-0.4, -0.2) is 9.97 Å². The first-order chi connectivity index (χ1) is 7.58. The summed E-state index contributed by atoms with van der Waals surface area (Å²) in [7, 11) is 0. The van der Waals surface area contributed by atoms with Gasteiger partial charge in [0.25, 0.3) is 0 Å². The van der Waals surface area contributed by atoms with Crippen LogP contribution in [0.15, 0.2) is 24.5 Å². The molecule has 0 radical (unpaired) electrons. The smallest absolute Gasteiger partial charge is 0.191 e. The highest BCUT2D eigenvalue weighted by Crippen LogP contribution is 2.24. The first-order valence-electron chi connectivity index (χ1n) is 4.92. The number of aryl methyl sites for hydroxylation is 2. The fraction of sp³-hybridized carbons (Fsp3) is 0.167. The zero-order valence-electron chi connectivity index (χ0n) is 9.16. The van der Waals surface area contributed by atoms with E-state index in [0.717, 1.165) is 16.7 Å². The Labute approximate surface area is 93.2 Å². The Hall–Kier alpha value is -1.97. The number of benzene rings is 1. The number of aromatic nitrogens is 2. The van der Waals surface area contributed by atoms with Crippen molar-refractivity contribution in [2.45, 2.75) is 13.8 Å². The summed E-state index contributed by atoms with van der Waals surface area (Å²) in [4.78, 5) is 7.53. The summed E-state index contributed by atoms with van der Waals surface area (Å²) < 4.78 is 13.7. The minimum atomic E-state index is -0.562. The highest BCUT2D eigenvalue weighted by molar-refractivity contribution is 5.64. The lowest BCUT2D eigenvalue weighted by Gasteiger charge is -2.06. The number of nitrogen functional groups attached to an aromatic ring is 1. The molecule has 0 saturated heterocycles.